The number of hydrogen-bond acceptors (Lipinski definition) is 6. The molecule has 3 aromatic rings. The van der Waals surface area contributed by atoms with Crippen LogP contribution in [0.3, 0.4) is 0 Å². The molecule has 0 heterocycles. The van der Waals surface area contributed by atoms with E-state index in [4.69, 9.17) is 14.2 Å². The zero-order chi connectivity index (χ0) is 22.1. The highest BCUT2D eigenvalue weighted by Crippen LogP contribution is 2.16. The van der Waals surface area contributed by atoms with E-state index in [9.17, 15) is 9.59 Å². The fraction of sp³-hybridized carbons (Fsp3) is 0.125. The normalized spacial score (nSPS) is 10.5. The van der Waals surface area contributed by atoms with Crippen LogP contribution in [0.4, 0.5) is 0 Å². The molecular formula is C24H22N2O5. The van der Waals surface area contributed by atoms with E-state index in [1.165, 1.54) is 6.21 Å². The number of esters is 1. The molecule has 0 radical (unpaired) electrons. The molecular weight excluding hydrogens is 396 g/mol. The molecule has 0 spiro atoms. The van der Waals surface area contributed by atoms with E-state index < -0.39 is 5.97 Å². The average molecular weight is 418 g/mol. The molecule has 0 unspecified atom stereocenters. The van der Waals surface area contributed by atoms with E-state index in [-0.39, 0.29) is 12.5 Å². The predicted octanol–water partition coefficient (Wildman–Crippen LogP) is 3.75. The van der Waals surface area contributed by atoms with Crippen LogP contribution in [0.1, 0.15) is 21.5 Å². The molecule has 7 heteroatoms. The van der Waals surface area contributed by atoms with E-state index in [2.05, 4.69) is 10.5 Å². The van der Waals surface area contributed by atoms with E-state index >= 15 is 0 Å². The second-order valence-electron chi connectivity index (χ2n) is 6.59. The number of nitrogens with zero attached hydrogens (tertiary/aromatic N) is 1. The topological polar surface area (TPSA) is 86.2 Å². The van der Waals surface area contributed by atoms with E-state index in [1.54, 1.807) is 61.7 Å². The van der Waals surface area contributed by atoms with Crippen LogP contribution in [-0.2, 0) is 4.79 Å². The fourth-order valence-electron chi connectivity index (χ4n) is 2.58. The maximum absolute atomic E-state index is 12.2. The van der Waals surface area contributed by atoms with Gasteiger partial charge in [-0.15, -0.1) is 0 Å². The number of methoxy groups -OCH3 is 1. The number of carbonyl (C=O) groups is 2. The largest absolute Gasteiger partial charge is 0.497 e. The molecule has 0 saturated carbocycles. The lowest BCUT2D eigenvalue weighted by Gasteiger charge is -2.06. The van der Waals surface area contributed by atoms with Crippen molar-refractivity contribution in [3.63, 3.8) is 0 Å². The summed E-state index contributed by atoms with van der Waals surface area (Å²) in [4.78, 5) is 24.0. The predicted molar refractivity (Wildman–Crippen MR) is 117 cm³/mol. The lowest BCUT2D eigenvalue weighted by Crippen LogP contribution is -2.24. The zero-order valence-electron chi connectivity index (χ0n) is 17.2. The Kier molecular flexibility index (Phi) is 7.37. The standard InChI is InChI=1S/C24H22N2O5/c1-17-4-3-5-22(14-17)30-16-23(27)26-25-15-18-6-10-21(11-7-18)31-24(28)19-8-12-20(29-2)13-9-19/h3-15H,16H2,1-2H3,(H,26,27)/b25-15-. The summed E-state index contributed by atoms with van der Waals surface area (Å²) in [6.45, 7) is 1.81. The second-order valence-corrected chi connectivity index (χ2v) is 6.59. The summed E-state index contributed by atoms with van der Waals surface area (Å²) in [5, 5.41) is 3.90. The molecule has 0 saturated heterocycles. The molecule has 7 nitrogen and oxygen atoms in total. The number of nitrogens with one attached hydrogen (secondary N) is 1. The Morgan fingerprint density at radius 2 is 1.65 bits per heavy atom. The van der Waals surface area contributed by atoms with Crippen LogP contribution >= 0.6 is 0 Å². The first kappa shape index (κ1) is 21.6. The Balaban J connectivity index is 1.46. The molecule has 0 fully saturated rings. The third-order valence-electron chi connectivity index (χ3n) is 4.18. The Labute approximate surface area is 180 Å². The van der Waals surface area contributed by atoms with Crippen LogP contribution in [0.5, 0.6) is 17.2 Å². The molecule has 3 aromatic carbocycles. The van der Waals surface area contributed by atoms with Gasteiger partial charge in [-0.05, 0) is 78.7 Å². The molecule has 0 aliphatic heterocycles. The van der Waals surface area contributed by atoms with Crippen LogP contribution in [0.2, 0.25) is 0 Å². The first-order valence-corrected chi connectivity index (χ1v) is 9.51. The van der Waals surface area contributed by atoms with Gasteiger partial charge in [-0.25, -0.2) is 10.2 Å². The Hall–Kier alpha value is -4.13. The first-order chi connectivity index (χ1) is 15.0. The highest BCUT2D eigenvalue weighted by Gasteiger charge is 2.08. The zero-order valence-corrected chi connectivity index (χ0v) is 17.2. The molecule has 0 aromatic heterocycles. The SMILES string of the molecule is COc1ccc(C(=O)Oc2ccc(/C=N\NC(=O)COc3cccc(C)c3)cc2)cc1. The smallest absolute Gasteiger partial charge is 0.343 e. The number of carbonyl (C=O) groups excluding carboxylic acids is 2. The number of ether oxygens (including phenoxy) is 3. The summed E-state index contributed by atoms with van der Waals surface area (Å²) in [5.74, 6) is 0.842. The lowest BCUT2D eigenvalue weighted by molar-refractivity contribution is -0.123. The molecule has 1 N–H and O–H groups in total. The van der Waals surface area contributed by atoms with Gasteiger partial charge in [-0.3, -0.25) is 4.79 Å². The first-order valence-electron chi connectivity index (χ1n) is 9.51. The monoisotopic (exact) mass is 418 g/mol. The summed E-state index contributed by atoms with van der Waals surface area (Å²) >= 11 is 0. The Morgan fingerprint density at radius 3 is 2.32 bits per heavy atom. The Bertz CT molecular complexity index is 1060. The van der Waals surface area contributed by atoms with Gasteiger partial charge in [-0.2, -0.15) is 5.10 Å². The van der Waals surface area contributed by atoms with E-state index in [1.807, 2.05) is 25.1 Å². The molecule has 31 heavy (non-hydrogen) atoms. The fourth-order valence-corrected chi connectivity index (χ4v) is 2.58. The van der Waals surface area contributed by atoms with Crippen molar-refractivity contribution in [1.82, 2.24) is 5.43 Å². The minimum Gasteiger partial charge on any atom is -0.497 e. The summed E-state index contributed by atoms with van der Waals surface area (Å²) in [7, 11) is 1.56. The molecule has 1 amide bonds. The van der Waals surface area contributed by atoms with Crippen LogP contribution < -0.4 is 19.6 Å². The third kappa shape index (κ3) is 6.71. The number of hydrazone groups is 1. The van der Waals surface area contributed by atoms with Gasteiger partial charge in [0.25, 0.3) is 5.91 Å². The van der Waals surface area contributed by atoms with Gasteiger partial charge in [0, 0.05) is 0 Å². The van der Waals surface area contributed by atoms with E-state index in [0.717, 1.165) is 11.1 Å². The maximum atomic E-state index is 12.2. The number of benzene rings is 3. The summed E-state index contributed by atoms with van der Waals surface area (Å²) in [6.07, 6.45) is 1.49. The minimum absolute atomic E-state index is 0.138. The molecule has 0 aliphatic rings. The van der Waals surface area contributed by atoms with Gasteiger partial charge in [-0.1, -0.05) is 12.1 Å². The molecule has 3 rings (SSSR count). The number of amides is 1. The van der Waals surface area contributed by atoms with Gasteiger partial charge >= 0.3 is 5.97 Å². The summed E-state index contributed by atoms with van der Waals surface area (Å²) < 4.78 is 15.8. The summed E-state index contributed by atoms with van der Waals surface area (Å²) in [6, 6.07) is 20.8. The van der Waals surface area contributed by atoms with Crippen LogP contribution in [0.25, 0.3) is 0 Å². The van der Waals surface area contributed by atoms with Gasteiger partial charge in [0.1, 0.15) is 17.2 Å². The highest BCUT2D eigenvalue weighted by atomic mass is 16.5. The minimum atomic E-state index is -0.468. The van der Waals surface area contributed by atoms with Crippen LogP contribution in [0, 0.1) is 6.92 Å². The van der Waals surface area contributed by atoms with Crippen molar-refractivity contribution in [1.29, 1.82) is 0 Å². The van der Waals surface area contributed by atoms with Crippen molar-refractivity contribution >= 4 is 18.1 Å². The van der Waals surface area contributed by atoms with Gasteiger partial charge in [0.15, 0.2) is 6.61 Å². The van der Waals surface area contributed by atoms with Crippen LogP contribution in [0.15, 0.2) is 77.9 Å². The van der Waals surface area contributed by atoms with Crippen molar-refractivity contribution in [3.05, 3.63) is 89.5 Å². The van der Waals surface area contributed by atoms with Crippen molar-refractivity contribution < 1.29 is 23.8 Å². The van der Waals surface area contributed by atoms with Crippen molar-refractivity contribution in [3.8, 4) is 17.2 Å². The van der Waals surface area contributed by atoms with Gasteiger partial charge < -0.3 is 14.2 Å². The van der Waals surface area contributed by atoms with Crippen molar-refractivity contribution in [2.45, 2.75) is 6.92 Å². The van der Waals surface area contributed by atoms with Crippen molar-refractivity contribution in [2.75, 3.05) is 13.7 Å². The number of rotatable bonds is 8. The molecule has 158 valence electrons. The summed E-state index contributed by atoms with van der Waals surface area (Å²) in [5.41, 5.74) is 4.60. The van der Waals surface area contributed by atoms with E-state index in [0.29, 0.717) is 22.8 Å². The Morgan fingerprint density at radius 1 is 0.935 bits per heavy atom. The lowest BCUT2D eigenvalue weighted by atomic mass is 10.2. The number of aryl methyl sites for hydroxylation is 1. The maximum Gasteiger partial charge on any atom is 0.343 e. The second kappa shape index (κ2) is 10.6. The molecule has 0 bridgehead atoms. The number of hydrogen-bond donors (Lipinski definition) is 1. The van der Waals surface area contributed by atoms with Crippen molar-refractivity contribution in [2.24, 2.45) is 5.10 Å². The third-order valence-corrected chi connectivity index (χ3v) is 4.18. The molecule has 0 aliphatic carbocycles. The quantitative estimate of drug-likeness (QED) is 0.261. The van der Waals surface area contributed by atoms with Gasteiger partial charge in [0.05, 0.1) is 18.9 Å². The average Bonchev–Trinajstić information content (AvgIpc) is 2.79. The van der Waals surface area contributed by atoms with Crippen LogP contribution in [-0.4, -0.2) is 31.8 Å². The van der Waals surface area contributed by atoms with Gasteiger partial charge in [0.2, 0.25) is 0 Å². The molecule has 0 atom stereocenters. The highest BCUT2D eigenvalue weighted by molar-refractivity contribution is 5.91.